The van der Waals surface area contributed by atoms with Crippen LogP contribution < -0.4 is 0 Å². The Bertz CT molecular complexity index is 557. The predicted molar refractivity (Wildman–Crippen MR) is 67.8 cm³/mol. The Balaban J connectivity index is 2.01. The summed E-state index contributed by atoms with van der Waals surface area (Å²) in [4.78, 5) is 0. The van der Waals surface area contributed by atoms with Gasteiger partial charge in [-0.3, -0.25) is 0 Å². The average Bonchev–Trinajstić information content (AvgIpc) is 2.65. The summed E-state index contributed by atoms with van der Waals surface area (Å²) in [6.45, 7) is 0. The van der Waals surface area contributed by atoms with Crippen molar-refractivity contribution in [3.05, 3.63) is 59.2 Å². The monoisotopic (exact) mass is 206 g/mol. The van der Waals surface area contributed by atoms with Crippen molar-refractivity contribution in [2.24, 2.45) is 5.41 Å². The minimum Gasteiger partial charge on any atom is -0.0730 e. The average molecular weight is 206 g/mol. The maximum Gasteiger partial charge on any atom is 0.0181 e. The van der Waals surface area contributed by atoms with E-state index in [0.29, 0.717) is 5.41 Å². The van der Waals surface area contributed by atoms with E-state index >= 15 is 0 Å². The van der Waals surface area contributed by atoms with Gasteiger partial charge in [-0.25, -0.2) is 0 Å². The third kappa shape index (κ3) is 0.948. The van der Waals surface area contributed by atoms with Gasteiger partial charge in [-0.15, -0.1) is 0 Å². The highest BCUT2D eigenvalue weighted by Gasteiger charge is 2.41. The SMILES string of the molecule is C1=CC23CCC(=CC=C2c2ccccc21)C3. The zero-order chi connectivity index (χ0) is 10.6. The molecule has 0 radical (unpaired) electrons. The van der Waals surface area contributed by atoms with Gasteiger partial charge in [0, 0.05) is 5.41 Å². The molecule has 0 heterocycles. The number of hydrogen-bond donors (Lipinski definition) is 0. The van der Waals surface area contributed by atoms with Gasteiger partial charge in [-0.1, -0.05) is 54.1 Å². The number of benzene rings is 1. The molecule has 1 fully saturated rings. The Morgan fingerprint density at radius 2 is 2.00 bits per heavy atom. The van der Waals surface area contributed by atoms with Crippen LogP contribution in [0, 0.1) is 5.41 Å². The molecule has 16 heavy (non-hydrogen) atoms. The smallest absolute Gasteiger partial charge is 0.0181 e. The summed E-state index contributed by atoms with van der Waals surface area (Å²) in [5.74, 6) is 0. The minimum absolute atomic E-state index is 0.346. The van der Waals surface area contributed by atoms with E-state index in [2.05, 4.69) is 48.6 Å². The summed E-state index contributed by atoms with van der Waals surface area (Å²) in [5, 5.41) is 0. The largest absolute Gasteiger partial charge is 0.0730 e. The normalized spacial score (nSPS) is 29.2. The predicted octanol–water partition coefficient (Wildman–Crippen LogP) is 4.21. The topological polar surface area (TPSA) is 0 Å². The summed E-state index contributed by atoms with van der Waals surface area (Å²) in [5.41, 5.74) is 6.35. The Kier molecular flexibility index (Phi) is 1.48. The third-order valence-corrected chi connectivity index (χ3v) is 4.29. The van der Waals surface area contributed by atoms with Crippen LogP contribution in [-0.4, -0.2) is 0 Å². The first-order valence-corrected chi connectivity index (χ1v) is 6.06. The molecule has 1 atom stereocenters. The number of hydrogen-bond acceptors (Lipinski definition) is 0. The van der Waals surface area contributed by atoms with Crippen molar-refractivity contribution >= 4 is 11.6 Å². The lowest BCUT2D eigenvalue weighted by molar-refractivity contribution is 0.541. The Labute approximate surface area is 96.0 Å². The van der Waals surface area contributed by atoms with Crippen LogP contribution >= 0.6 is 0 Å². The summed E-state index contributed by atoms with van der Waals surface area (Å²) < 4.78 is 0. The molecule has 78 valence electrons. The van der Waals surface area contributed by atoms with E-state index < -0.39 is 0 Å². The van der Waals surface area contributed by atoms with Gasteiger partial charge in [0.2, 0.25) is 0 Å². The molecule has 3 aliphatic carbocycles. The van der Waals surface area contributed by atoms with Crippen LogP contribution in [-0.2, 0) is 0 Å². The molecule has 0 N–H and O–H groups in total. The van der Waals surface area contributed by atoms with Gasteiger partial charge in [0.05, 0.1) is 0 Å². The number of fused-ring (bicyclic) bond motifs is 3. The van der Waals surface area contributed by atoms with Gasteiger partial charge in [0.1, 0.15) is 0 Å². The molecule has 0 amide bonds. The molecule has 1 aromatic carbocycles. The maximum absolute atomic E-state index is 2.45. The summed E-state index contributed by atoms with van der Waals surface area (Å²) in [7, 11) is 0. The first-order valence-electron chi connectivity index (χ1n) is 6.06. The molecule has 1 aromatic rings. The standard InChI is InChI=1S/C16H14/c1-2-4-14-13(3-1)8-10-16-9-7-12(11-16)5-6-15(14)16/h1-6,8,10H,7,9,11H2. The van der Waals surface area contributed by atoms with Crippen LogP contribution in [0.1, 0.15) is 30.4 Å². The second kappa shape index (κ2) is 2.76. The second-order valence-corrected chi connectivity index (χ2v) is 5.16. The number of rotatable bonds is 0. The zero-order valence-electron chi connectivity index (χ0n) is 9.24. The minimum atomic E-state index is 0.346. The third-order valence-electron chi connectivity index (χ3n) is 4.29. The van der Waals surface area contributed by atoms with Crippen LogP contribution in [0.25, 0.3) is 11.6 Å². The van der Waals surface area contributed by atoms with Crippen LogP contribution in [0.2, 0.25) is 0 Å². The second-order valence-electron chi connectivity index (χ2n) is 5.16. The molecule has 1 spiro atoms. The van der Waals surface area contributed by atoms with Crippen LogP contribution in [0.4, 0.5) is 0 Å². The fraction of sp³-hybridized carbons (Fsp3) is 0.250. The lowest BCUT2D eigenvalue weighted by Crippen LogP contribution is -2.20. The molecule has 1 unspecified atom stereocenters. The van der Waals surface area contributed by atoms with Gasteiger partial charge in [0.15, 0.2) is 0 Å². The van der Waals surface area contributed by atoms with Crippen LogP contribution in [0.15, 0.2) is 48.1 Å². The molecule has 4 rings (SSSR count). The highest BCUT2D eigenvalue weighted by atomic mass is 14.4. The van der Waals surface area contributed by atoms with Crippen LogP contribution in [0.3, 0.4) is 0 Å². The first-order chi connectivity index (χ1) is 7.87. The highest BCUT2D eigenvalue weighted by Crippen LogP contribution is 2.56. The summed E-state index contributed by atoms with van der Waals surface area (Å²) in [6.07, 6.45) is 13.3. The van der Waals surface area contributed by atoms with E-state index in [1.54, 1.807) is 11.1 Å². The molecular formula is C16H14. The molecule has 0 saturated heterocycles. The van der Waals surface area contributed by atoms with E-state index in [4.69, 9.17) is 0 Å². The van der Waals surface area contributed by atoms with E-state index in [9.17, 15) is 0 Å². The Morgan fingerprint density at radius 1 is 1.06 bits per heavy atom. The van der Waals surface area contributed by atoms with Crippen molar-refractivity contribution in [2.75, 3.05) is 0 Å². The molecule has 0 aromatic heterocycles. The van der Waals surface area contributed by atoms with E-state index in [0.717, 1.165) is 0 Å². The van der Waals surface area contributed by atoms with Crippen LogP contribution in [0.5, 0.6) is 0 Å². The van der Waals surface area contributed by atoms with Crippen molar-refractivity contribution in [1.29, 1.82) is 0 Å². The Hall–Kier alpha value is -1.56. The van der Waals surface area contributed by atoms with Crippen molar-refractivity contribution in [3.63, 3.8) is 0 Å². The quantitative estimate of drug-likeness (QED) is 0.596. The molecule has 1 saturated carbocycles. The lowest BCUT2D eigenvalue weighted by Gasteiger charge is -2.34. The van der Waals surface area contributed by atoms with E-state index in [1.165, 1.54) is 30.4 Å². The van der Waals surface area contributed by atoms with Gasteiger partial charge < -0.3 is 0 Å². The molecule has 0 nitrogen and oxygen atoms in total. The van der Waals surface area contributed by atoms with Gasteiger partial charge in [0.25, 0.3) is 0 Å². The summed E-state index contributed by atoms with van der Waals surface area (Å²) >= 11 is 0. The molecule has 0 heteroatoms. The van der Waals surface area contributed by atoms with Crippen molar-refractivity contribution in [2.45, 2.75) is 19.3 Å². The fourth-order valence-electron chi connectivity index (χ4n) is 3.43. The first kappa shape index (κ1) is 8.58. The molecule has 0 aliphatic heterocycles. The number of allylic oxidation sites excluding steroid dienone is 5. The molecular weight excluding hydrogens is 192 g/mol. The molecule has 2 bridgehead atoms. The molecule has 3 aliphatic rings. The fourth-order valence-corrected chi connectivity index (χ4v) is 3.43. The summed E-state index contributed by atoms with van der Waals surface area (Å²) in [6, 6.07) is 8.76. The van der Waals surface area contributed by atoms with Crippen molar-refractivity contribution < 1.29 is 0 Å². The van der Waals surface area contributed by atoms with Crippen molar-refractivity contribution in [1.82, 2.24) is 0 Å². The van der Waals surface area contributed by atoms with Gasteiger partial charge in [-0.2, -0.15) is 0 Å². The highest BCUT2D eigenvalue weighted by molar-refractivity contribution is 5.85. The van der Waals surface area contributed by atoms with Crippen molar-refractivity contribution in [3.8, 4) is 0 Å². The van der Waals surface area contributed by atoms with E-state index in [1.807, 2.05) is 0 Å². The van der Waals surface area contributed by atoms with Gasteiger partial charge >= 0.3 is 0 Å². The Morgan fingerprint density at radius 3 is 3.00 bits per heavy atom. The zero-order valence-corrected chi connectivity index (χ0v) is 9.24. The van der Waals surface area contributed by atoms with E-state index in [-0.39, 0.29) is 0 Å². The lowest BCUT2D eigenvalue weighted by atomic mass is 9.69. The van der Waals surface area contributed by atoms with Gasteiger partial charge in [-0.05, 0) is 36.0 Å². The maximum atomic E-state index is 2.45.